The highest BCUT2D eigenvalue weighted by Crippen LogP contribution is 1.92. The first kappa shape index (κ1) is 8.14. The SMILES string of the molecule is CCc1nccn1C.F. The van der Waals surface area contributed by atoms with Gasteiger partial charge in [0.25, 0.3) is 0 Å². The van der Waals surface area contributed by atoms with Crippen LogP contribution in [0.25, 0.3) is 0 Å². The molecule has 1 rings (SSSR count). The second-order valence-corrected chi connectivity index (χ2v) is 1.81. The van der Waals surface area contributed by atoms with Crippen LogP contribution in [0.4, 0.5) is 4.70 Å². The summed E-state index contributed by atoms with van der Waals surface area (Å²) >= 11 is 0. The molecule has 2 nitrogen and oxygen atoms in total. The predicted octanol–water partition coefficient (Wildman–Crippen LogP) is 1.14. The molecule has 3 heteroatoms. The molecule has 0 spiro atoms. The molecule has 0 saturated heterocycles. The Morgan fingerprint density at radius 3 is 2.56 bits per heavy atom. The maximum atomic E-state index is 4.10. The lowest BCUT2D eigenvalue weighted by atomic mass is 10.5. The first-order valence-corrected chi connectivity index (χ1v) is 2.80. The van der Waals surface area contributed by atoms with Gasteiger partial charge in [0.2, 0.25) is 0 Å². The molecule has 0 aliphatic rings. The van der Waals surface area contributed by atoms with Crippen molar-refractivity contribution in [2.24, 2.45) is 7.05 Å². The van der Waals surface area contributed by atoms with Gasteiger partial charge in [-0.3, -0.25) is 4.70 Å². The quantitative estimate of drug-likeness (QED) is 0.557. The molecule has 0 fully saturated rings. The van der Waals surface area contributed by atoms with Gasteiger partial charge in [-0.25, -0.2) is 4.98 Å². The van der Waals surface area contributed by atoms with Crippen LogP contribution in [-0.2, 0) is 13.5 Å². The molecular weight excluding hydrogens is 119 g/mol. The summed E-state index contributed by atoms with van der Waals surface area (Å²) in [7, 11) is 2.01. The fourth-order valence-corrected chi connectivity index (χ4v) is 0.737. The summed E-state index contributed by atoms with van der Waals surface area (Å²) in [5, 5.41) is 0. The number of aromatic nitrogens is 2. The molecular formula is C6H11FN2. The van der Waals surface area contributed by atoms with Gasteiger partial charge in [-0.1, -0.05) is 6.92 Å². The molecule has 0 atom stereocenters. The number of nitrogens with zero attached hydrogens (tertiary/aromatic N) is 2. The van der Waals surface area contributed by atoms with Gasteiger partial charge in [-0.05, 0) is 0 Å². The lowest BCUT2D eigenvalue weighted by molar-refractivity contribution is 0.808. The Bertz CT molecular complexity index is 171. The molecule has 52 valence electrons. The summed E-state index contributed by atoms with van der Waals surface area (Å²) in [5.41, 5.74) is 0. The average molecular weight is 130 g/mol. The molecule has 9 heavy (non-hydrogen) atoms. The number of aryl methyl sites for hydroxylation is 2. The van der Waals surface area contributed by atoms with E-state index in [0.29, 0.717) is 0 Å². The zero-order valence-electron chi connectivity index (χ0n) is 5.66. The number of hydrogen-bond donors (Lipinski definition) is 0. The molecule has 1 heterocycles. The number of imidazole rings is 1. The topological polar surface area (TPSA) is 17.8 Å². The third-order valence-corrected chi connectivity index (χ3v) is 1.24. The second kappa shape index (κ2) is 3.22. The minimum Gasteiger partial charge on any atom is -0.338 e. The van der Waals surface area contributed by atoms with Crippen LogP contribution in [0.3, 0.4) is 0 Å². The molecule has 1 aromatic rings. The van der Waals surface area contributed by atoms with Crippen LogP contribution >= 0.6 is 0 Å². The van der Waals surface area contributed by atoms with Crippen molar-refractivity contribution in [3.8, 4) is 0 Å². The molecule has 0 aliphatic heterocycles. The van der Waals surface area contributed by atoms with Gasteiger partial charge in [0.05, 0.1) is 0 Å². The summed E-state index contributed by atoms with van der Waals surface area (Å²) in [6, 6.07) is 0. The maximum absolute atomic E-state index is 4.10. The Balaban J connectivity index is 0.000000640. The highest BCUT2D eigenvalue weighted by atomic mass is 19.0. The van der Waals surface area contributed by atoms with Crippen molar-refractivity contribution in [3.05, 3.63) is 18.2 Å². The average Bonchev–Trinajstić information content (AvgIpc) is 2.14. The molecule has 0 amide bonds. The lowest BCUT2D eigenvalue weighted by Gasteiger charge is -1.92. The van der Waals surface area contributed by atoms with E-state index in [0.717, 1.165) is 12.2 Å². The predicted molar refractivity (Wildman–Crippen MR) is 35.1 cm³/mol. The van der Waals surface area contributed by atoms with Crippen LogP contribution < -0.4 is 0 Å². The van der Waals surface area contributed by atoms with Gasteiger partial charge in [-0.15, -0.1) is 0 Å². The van der Waals surface area contributed by atoms with Crippen molar-refractivity contribution >= 4 is 0 Å². The van der Waals surface area contributed by atoms with Gasteiger partial charge < -0.3 is 4.57 Å². The van der Waals surface area contributed by atoms with E-state index in [1.165, 1.54) is 0 Å². The third kappa shape index (κ3) is 1.52. The number of rotatable bonds is 1. The van der Waals surface area contributed by atoms with E-state index < -0.39 is 0 Å². The van der Waals surface area contributed by atoms with Crippen LogP contribution in [-0.4, -0.2) is 9.55 Å². The smallest absolute Gasteiger partial charge is 0.108 e. The van der Waals surface area contributed by atoms with Crippen molar-refractivity contribution < 1.29 is 4.70 Å². The Morgan fingerprint density at radius 1 is 1.67 bits per heavy atom. The molecule has 0 saturated carbocycles. The fraction of sp³-hybridized carbons (Fsp3) is 0.500. The summed E-state index contributed by atoms with van der Waals surface area (Å²) < 4.78 is 2.03. The highest BCUT2D eigenvalue weighted by molar-refractivity contribution is 4.89. The minimum atomic E-state index is 0. The van der Waals surface area contributed by atoms with Crippen LogP contribution in [0.2, 0.25) is 0 Å². The zero-order valence-corrected chi connectivity index (χ0v) is 5.66. The molecule has 0 aromatic carbocycles. The van der Waals surface area contributed by atoms with Crippen molar-refractivity contribution in [2.75, 3.05) is 0 Å². The van der Waals surface area contributed by atoms with E-state index in [1.54, 1.807) is 0 Å². The zero-order chi connectivity index (χ0) is 5.98. The summed E-state index contributed by atoms with van der Waals surface area (Å²) in [4.78, 5) is 4.10. The third-order valence-electron chi connectivity index (χ3n) is 1.24. The Morgan fingerprint density at radius 2 is 2.33 bits per heavy atom. The molecule has 1 aromatic heterocycles. The van der Waals surface area contributed by atoms with E-state index in [2.05, 4.69) is 11.9 Å². The Hall–Kier alpha value is -0.860. The standard InChI is InChI=1S/C6H10N2.FH/c1-3-6-7-4-5-8(6)2;/h4-5H,3H2,1-2H3;1H. The van der Waals surface area contributed by atoms with Crippen molar-refractivity contribution in [2.45, 2.75) is 13.3 Å². The van der Waals surface area contributed by atoms with E-state index in [1.807, 2.05) is 24.0 Å². The van der Waals surface area contributed by atoms with Crippen molar-refractivity contribution in [1.82, 2.24) is 9.55 Å². The second-order valence-electron chi connectivity index (χ2n) is 1.81. The van der Waals surface area contributed by atoms with Gasteiger partial charge in [0, 0.05) is 25.9 Å². The monoisotopic (exact) mass is 130 g/mol. The molecule has 0 unspecified atom stereocenters. The number of hydrogen-bond acceptors (Lipinski definition) is 1. The lowest BCUT2D eigenvalue weighted by Crippen LogP contribution is -1.92. The summed E-state index contributed by atoms with van der Waals surface area (Å²) in [6.07, 6.45) is 4.79. The van der Waals surface area contributed by atoms with E-state index in [4.69, 9.17) is 0 Å². The van der Waals surface area contributed by atoms with Crippen LogP contribution in [0.5, 0.6) is 0 Å². The largest absolute Gasteiger partial charge is 0.338 e. The van der Waals surface area contributed by atoms with Crippen LogP contribution in [0.15, 0.2) is 12.4 Å². The molecule has 0 bridgehead atoms. The van der Waals surface area contributed by atoms with Gasteiger partial charge in [0.15, 0.2) is 0 Å². The normalized spacial score (nSPS) is 8.67. The molecule has 0 aliphatic carbocycles. The minimum absolute atomic E-state index is 0. The molecule has 0 radical (unpaired) electrons. The number of halogens is 1. The van der Waals surface area contributed by atoms with E-state index >= 15 is 0 Å². The van der Waals surface area contributed by atoms with Crippen LogP contribution in [0.1, 0.15) is 12.7 Å². The van der Waals surface area contributed by atoms with Gasteiger partial charge in [-0.2, -0.15) is 0 Å². The van der Waals surface area contributed by atoms with Crippen molar-refractivity contribution in [3.63, 3.8) is 0 Å². The summed E-state index contributed by atoms with van der Waals surface area (Å²) in [6.45, 7) is 2.10. The fourth-order valence-electron chi connectivity index (χ4n) is 0.737. The Labute approximate surface area is 53.9 Å². The highest BCUT2D eigenvalue weighted by Gasteiger charge is 1.90. The van der Waals surface area contributed by atoms with Crippen LogP contribution in [0, 0.1) is 0 Å². The van der Waals surface area contributed by atoms with E-state index in [9.17, 15) is 0 Å². The van der Waals surface area contributed by atoms with Gasteiger partial charge >= 0.3 is 0 Å². The van der Waals surface area contributed by atoms with Gasteiger partial charge in [0.1, 0.15) is 5.82 Å². The van der Waals surface area contributed by atoms with E-state index in [-0.39, 0.29) is 4.70 Å². The Kier molecular flexibility index (Phi) is 2.91. The first-order chi connectivity index (χ1) is 3.84. The summed E-state index contributed by atoms with van der Waals surface area (Å²) in [5.74, 6) is 1.14. The van der Waals surface area contributed by atoms with Crippen molar-refractivity contribution in [1.29, 1.82) is 0 Å². The molecule has 0 N–H and O–H groups in total. The maximum Gasteiger partial charge on any atom is 0.108 e. The first-order valence-electron chi connectivity index (χ1n) is 2.80.